The fourth-order valence-corrected chi connectivity index (χ4v) is 4.99. The van der Waals surface area contributed by atoms with Crippen molar-refractivity contribution in [2.45, 2.75) is 170 Å². The largest absolute Gasteiger partial charge is 0.480 e. The molecule has 13 nitrogen and oxygen atoms in total. The lowest BCUT2D eigenvalue weighted by Crippen LogP contribution is -2.49. The number of carboxylic acid groups (broad SMARTS) is 1. The normalized spacial score (nSPS) is 14.9. The van der Waals surface area contributed by atoms with Crippen LogP contribution in [0.25, 0.3) is 0 Å². The molecule has 13 heteroatoms. The summed E-state index contributed by atoms with van der Waals surface area (Å²) in [4.78, 5) is 69.9. The highest BCUT2D eigenvalue weighted by molar-refractivity contribution is 5.89. The van der Waals surface area contributed by atoms with Crippen LogP contribution in [0.5, 0.6) is 0 Å². The number of carbonyl (C=O) groups excluding carboxylic acids is 5. The van der Waals surface area contributed by atoms with Crippen LogP contribution in [0.2, 0.25) is 0 Å². The van der Waals surface area contributed by atoms with Crippen molar-refractivity contribution in [2.24, 2.45) is 17.1 Å². The molecular weight excluding hydrogens is 632 g/mol. The third-order valence-electron chi connectivity index (χ3n) is 8.01. The molecule has 0 radical (unpaired) electrons. The van der Waals surface area contributed by atoms with Gasteiger partial charge in [-0.05, 0) is 64.2 Å². The van der Waals surface area contributed by atoms with Gasteiger partial charge < -0.3 is 36.3 Å². The number of carbonyl (C=O) groups is 6. The number of nitrogens with one attached hydrogen (secondary N) is 3. The van der Waals surface area contributed by atoms with Gasteiger partial charge in [0, 0.05) is 6.42 Å². The van der Waals surface area contributed by atoms with Crippen molar-refractivity contribution in [3.05, 3.63) is 0 Å². The first-order valence-electron chi connectivity index (χ1n) is 18.3. The lowest BCUT2D eigenvalue weighted by molar-refractivity contribution is -0.148. The summed E-state index contributed by atoms with van der Waals surface area (Å²) in [5.74, 6) is -2.87. The van der Waals surface area contributed by atoms with E-state index in [9.17, 15) is 33.9 Å². The molecule has 0 aromatic carbocycles. The Kier molecular flexibility index (Phi) is 31.5. The van der Waals surface area contributed by atoms with Gasteiger partial charge in [0.1, 0.15) is 24.2 Å². The number of amides is 3. The van der Waals surface area contributed by atoms with Crippen molar-refractivity contribution in [3.63, 3.8) is 0 Å². The van der Waals surface area contributed by atoms with E-state index in [1.165, 1.54) is 51.9 Å². The molecule has 0 spiro atoms. The number of nitrogens with two attached hydrogens (primary N) is 1. The Bertz CT molecular complexity index is 924. The van der Waals surface area contributed by atoms with E-state index >= 15 is 0 Å². The van der Waals surface area contributed by atoms with Crippen molar-refractivity contribution < 1.29 is 43.3 Å². The summed E-state index contributed by atoms with van der Waals surface area (Å²) in [7, 11) is 0. The van der Waals surface area contributed by atoms with Gasteiger partial charge in [0.25, 0.3) is 0 Å². The van der Waals surface area contributed by atoms with Crippen LogP contribution < -0.4 is 21.7 Å². The van der Waals surface area contributed by atoms with E-state index in [-0.39, 0.29) is 45.3 Å². The Morgan fingerprint density at radius 1 is 0.857 bits per heavy atom. The Morgan fingerprint density at radius 2 is 1.41 bits per heavy atom. The molecule has 288 valence electrons. The zero-order valence-corrected chi connectivity index (χ0v) is 32.2. The molecule has 1 saturated carbocycles. The standard InChI is InChI=1S/C20H34N4O9.C12H24.2C2H6/c1-4-32-19(30)13(21)7-6-8-14(18(28)29)23-16(26)10-9-15(20(31)33-5-2)24-17(27)12(3)22-11-25;1-4-12(2,3)10-11-8-6-5-7-9-11;2*1-2/h11-15H,4-10,21H2,1-3H3,(H,22,25)(H,23,26)(H,24,27)(H,28,29);11H,4-10H2,1-3H3;2*1-2H3. The van der Waals surface area contributed by atoms with Crippen LogP contribution in [0.1, 0.15) is 146 Å². The van der Waals surface area contributed by atoms with Gasteiger partial charge in [-0.3, -0.25) is 19.2 Å². The molecular formula is C36H70N4O9. The number of esters is 2. The van der Waals surface area contributed by atoms with Crippen molar-refractivity contribution in [2.75, 3.05) is 13.2 Å². The summed E-state index contributed by atoms with van der Waals surface area (Å²) < 4.78 is 9.67. The summed E-state index contributed by atoms with van der Waals surface area (Å²) >= 11 is 0. The summed E-state index contributed by atoms with van der Waals surface area (Å²) in [5.41, 5.74) is 6.27. The lowest BCUT2D eigenvalue weighted by atomic mass is 9.75. The molecule has 1 aliphatic rings. The zero-order chi connectivity index (χ0) is 38.4. The molecule has 3 amide bonds. The molecule has 1 fully saturated rings. The van der Waals surface area contributed by atoms with Crippen LogP contribution in [-0.4, -0.2) is 78.6 Å². The number of hydrogen-bond donors (Lipinski definition) is 5. The first kappa shape index (κ1) is 50.2. The Labute approximate surface area is 296 Å². The molecule has 1 aliphatic carbocycles. The van der Waals surface area contributed by atoms with Gasteiger partial charge in [-0.1, -0.05) is 87.0 Å². The van der Waals surface area contributed by atoms with Crippen molar-refractivity contribution >= 4 is 36.1 Å². The second-order valence-corrected chi connectivity index (χ2v) is 12.3. The predicted molar refractivity (Wildman–Crippen MR) is 192 cm³/mol. The molecule has 0 heterocycles. The first-order valence-corrected chi connectivity index (χ1v) is 18.3. The third kappa shape index (κ3) is 25.4. The van der Waals surface area contributed by atoms with Crippen molar-refractivity contribution in [1.82, 2.24) is 16.0 Å². The molecule has 6 N–H and O–H groups in total. The molecule has 0 saturated heterocycles. The van der Waals surface area contributed by atoms with Crippen LogP contribution in [0.15, 0.2) is 0 Å². The van der Waals surface area contributed by atoms with Gasteiger partial charge in [-0.25, -0.2) is 9.59 Å². The van der Waals surface area contributed by atoms with E-state index < -0.39 is 53.9 Å². The van der Waals surface area contributed by atoms with Crippen LogP contribution in [-0.2, 0) is 38.2 Å². The van der Waals surface area contributed by atoms with Crippen LogP contribution in [0.4, 0.5) is 0 Å². The van der Waals surface area contributed by atoms with E-state index in [1.807, 2.05) is 27.7 Å². The minimum Gasteiger partial charge on any atom is -0.480 e. The van der Waals surface area contributed by atoms with Crippen molar-refractivity contribution in [3.8, 4) is 0 Å². The van der Waals surface area contributed by atoms with Crippen molar-refractivity contribution in [1.29, 1.82) is 0 Å². The van der Waals surface area contributed by atoms with Gasteiger partial charge >= 0.3 is 17.9 Å². The molecule has 0 aromatic rings. The lowest BCUT2D eigenvalue weighted by Gasteiger charge is -2.30. The second kappa shape index (κ2) is 30.8. The number of carboxylic acids is 1. The SMILES string of the molecule is CC.CC.CCC(C)(C)CC1CCCCC1.CCOC(=O)C(N)CCCC(NC(=O)CCC(NC(=O)C(C)NC=O)C(=O)OCC)C(=O)O. The first-order chi connectivity index (χ1) is 23.2. The fourth-order valence-electron chi connectivity index (χ4n) is 4.99. The second-order valence-electron chi connectivity index (χ2n) is 12.3. The molecule has 1 rings (SSSR count). The van der Waals surface area contributed by atoms with Gasteiger partial charge in [0.2, 0.25) is 18.2 Å². The highest BCUT2D eigenvalue weighted by Gasteiger charge is 2.27. The predicted octanol–water partition coefficient (Wildman–Crippen LogP) is 5.02. The van der Waals surface area contributed by atoms with Gasteiger partial charge in [0.15, 0.2) is 0 Å². The van der Waals surface area contributed by atoms with Gasteiger partial charge in [-0.2, -0.15) is 0 Å². The highest BCUT2D eigenvalue weighted by Crippen LogP contribution is 2.36. The van der Waals surface area contributed by atoms with E-state index in [4.69, 9.17) is 15.2 Å². The molecule has 0 aliphatic heterocycles. The third-order valence-corrected chi connectivity index (χ3v) is 8.01. The average Bonchev–Trinajstić information content (AvgIpc) is 3.08. The Balaban J connectivity index is -0.00000109. The molecule has 49 heavy (non-hydrogen) atoms. The maximum Gasteiger partial charge on any atom is 0.328 e. The maximum atomic E-state index is 12.3. The van der Waals surface area contributed by atoms with Crippen LogP contribution >= 0.6 is 0 Å². The number of aliphatic carboxylic acids is 1. The Hall–Kier alpha value is -3.22. The molecule has 4 atom stereocenters. The average molecular weight is 703 g/mol. The Morgan fingerprint density at radius 3 is 1.90 bits per heavy atom. The molecule has 0 bridgehead atoms. The van der Waals surface area contributed by atoms with E-state index in [0.717, 1.165) is 5.92 Å². The smallest absolute Gasteiger partial charge is 0.328 e. The van der Waals surface area contributed by atoms with Gasteiger partial charge in [0.05, 0.1) is 13.2 Å². The maximum absolute atomic E-state index is 12.3. The quantitative estimate of drug-likeness (QED) is 0.0846. The van der Waals surface area contributed by atoms with Crippen LogP contribution in [0.3, 0.4) is 0 Å². The fraction of sp³-hybridized carbons (Fsp3) is 0.833. The summed E-state index contributed by atoms with van der Waals surface area (Å²) in [6.45, 7) is 20.0. The van der Waals surface area contributed by atoms with E-state index in [2.05, 4.69) is 36.7 Å². The number of hydrogen-bond acceptors (Lipinski definition) is 9. The monoisotopic (exact) mass is 703 g/mol. The summed E-state index contributed by atoms with van der Waals surface area (Å²) in [6.07, 6.45) is 10.7. The highest BCUT2D eigenvalue weighted by atomic mass is 16.5. The minimum atomic E-state index is -1.27. The number of rotatable bonds is 20. The van der Waals surface area contributed by atoms with Gasteiger partial charge in [-0.15, -0.1) is 0 Å². The topological polar surface area (TPSA) is 203 Å². The zero-order valence-electron chi connectivity index (χ0n) is 32.2. The molecule has 0 aromatic heterocycles. The van der Waals surface area contributed by atoms with E-state index in [1.54, 1.807) is 13.8 Å². The summed E-state index contributed by atoms with van der Waals surface area (Å²) in [5, 5.41) is 16.3. The molecule has 4 unspecified atom stereocenters. The van der Waals surface area contributed by atoms with E-state index in [0.29, 0.717) is 11.8 Å². The number of ether oxygens (including phenoxy) is 2. The van der Waals surface area contributed by atoms with Crippen LogP contribution in [0, 0.1) is 11.3 Å². The minimum absolute atomic E-state index is 0.0289. The summed E-state index contributed by atoms with van der Waals surface area (Å²) in [6, 6.07) is -4.19.